The fourth-order valence-corrected chi connectivity index (χ4v) is 3.58. The SMILES string of the molecule is O=C(NCc1ccc(Cn2ccnc2)cc1)C(Oc1ccccc1Br)c1ccccc1. The van der Waals surface area contributed by atoms with Crippen LogP contribution in [0.1, 0.15) is 22.8 Å². The van der Waals surface area contributed by atoms with Crippen molar-refractivity contribution in [3.05, 3.63) is 119 Å². The van der Waals surface area contributed by atoms with Gasteiger partial charge < -0.3 is 14.6 Å². The van der Waals surface area contributed by atoms with Crippen molar-refractivity contribution in [3.63, 3.8) is 0 Å². The lowest BCUT2D eigenvalue weighted by atomic mass is 10.1. The lowest BCUT2D eigenvalue weighted by Crippen LogP contribution is -2.32. The van der Waals surface area contributed by atoms with Gasteiger partial charge in [0.1, 0.15) is 5.75 Å². The Morgan fingerprint density at radius 2 is 1.68 bits per heavy atom. The van der Waals surface area contributed by atoms with E-state index in [1.165, 1.54) is 5.56 Å². The molecule has 31 heavy (non-hydrogen) atoms. The summed E-state index contributed by atoms with van der Waals surface area (Å²) in [7, 11) is 0. The van der Waals surface area contributed by atoms with E-state index < -0.39 is 6.10 Å². The van der Waals surface area contributed by atoms with Crippen molar-refractivity contribution < 1.29 is 9.53 Å². The second-order valence-electron chi connectivity index (χ2n) is 7.11. The molecule has 0 saturated heterocycles. The van der Waals surface area contributed by atoms with Gasteiger partial charge in [-0.2, -0.15) is 0 Å². The maximum atomic E-state index is 13.0. The quantitative estimate of drug-likeness (QED) is 0.384. The molecule has 4 aromatic rings. The number of carbonyl (C=O) groups excluding carboxylic acids is 1. The standard InChI is InChI=1S/C25H22BrN3O2/c26-22-8-4-5-9-23(22)31-24(21-6-2-1-3-7-21)25(30)28-16-19-10-12-20(13-11-19)17-29-15-14-27-18-29/h1-15,18,24H,16-17H2,(H,28,30). The molecule has 0 aliphatic heterocycles. The van der Waals surface area contributed by atoms with Gasteiger partial charge >= 0.3 is 0 Å². The number of rotatable bonds is 8. The molecule has 0 fully saturated rings. The van der Waals surface area contributed by atoms with Crippen LogP contribution in [0.2, 0.25) is 0 Å². The van der Waals surface area contributed by atoms with Gasteiger partial charge in [-0.25, -0.2) is 4.98 Å². The molecule has 3 aromatic carbocycles. The Balaban J connectivity index is 1.43. The number of nitrogens with one attached hydrogen (secondary N) is 1. The molecule has 0 spiro atoms. The molecule has 1 unspecified atom stereocenters. The summed E-state index contributed by atoms with van der Waals surface area (Å²) in [5.41, 5.74) is 2.99. The number of para-hydroxylation sites is 1. The number of imidazole rings is 1. The second-order valence-corrected chi connectivity index (χ2v) is 7.96. The third-order valence-electron chi connectivity index (χ3n) is 4.84. The highest BCUT2D eigenvalue weighted by atomic mass is 79.9. The first-order valence-electron chi connectivity index (χ1n) is 9.96. The highest BCUT2D eigenvalue weighted by molar-refractivity contribution is 9.10. The largest absolute Gasteiger partial charge is 0.475 e. The molecular formula is C25H22BrN3O2. The number of ether oxygens (including phenoxy) is 1. The second kappa shape index (κ2) is 10.1. The molecule has 1 atom stereocenters. The van der Waals surface area contributed by atoms with E-state index in [1.54, 1.807) is 12.5 Å². The average Bonchev–Trinajstić information content (AvgIpc) is 3.31. The minimum Gasteiger partial charge on any atom is -0.475 e. The van der Waals surface area contributed by atoms with Crippen molar-refractivity contribution in [3.8, 4) is 5.75 Å². The number of carbonyl (C=O) groups is 1. The van der Waals surface area contributed by atoms with Crippen LogP contribution < -0.4 is 10.1 Å². The molecule has 5 nitrogen and oxygen atoms in total. The van der Waals surface area contributed by atoms with Crippen LogP contribution in [0.15, 0.2) is 102 Å². The third kappa shape index (κ3) is 5.61. The first kappa shape index (κ1) is 20.9. The van der Waals surface area contributed by atoms with E-state index in [2.05, 4.69) is 38.4 Å². The molecule has 1 aromatic heterocycles. The summed E-state index contributed by atoms with van der Waals surface area (Å²) >= 11 is 3.49. The van der Waals surface area contributed by atoms with E-state index >= 15 is 0 Å². The van der Waals surface area contributed by atoms with Crippen molar-refractivity contribution in [2.24, 2.45) is 0 Å². The van der Waals surface area contributed by atoms with Gasteiger partial charge in [0.05, 0.1) is 10.8 Å². The number of hydrogen-bond acceptors (Lipinski definition) is 3. The number of benzene rings is 3. The summed E-state index contributed by atoms with van der Waals surface area (Å²) < 4.78 is 8.91. The molecule has 156 valence electrons. The van der Waals surface area contributed by atoms with Crippen LogP contribution in [0, 0.1) is 0 Å². The monoisotopic (exact) mass is 475 g/mol. The van der Waals surface area contributed by atoms with Crippen molar-refractivity contribution in [1.29, 1.82) is 0 Å². The summed E-state index contributed by atoms with van der Waals surface area (Å²) in [5.74, 6) is 0.430. The van der Waals surface area contributed by atoms with Gasteiger partial charge in [-0.3, -0.25) is 4.79 Å². The first-order valence-corrected chi connectivity index (χ1v) is 10.8. The molecule has 0 aliphatic carbocycles. The maximum absolute atomic E-state index is 13.0. The predicted molar refractivity (Wildman–Crippen MR) is 124 cm³/mol. The number of hydrogen-bond donors (Lipinski definition) is 1. The van der Waals surface area contributed by atoms with E-state index in [4.69, 9.17) is 4.74 Å². The molecule has 0 saturated carbocycles. The van der Waals surface area contributed by atoms with Gasteiger partial charge in [0.15, 0.2) is 0 Å². The third-order valence-corrected chi connectivity index (χ3v) is 5.49. The van der Waals surface area contributed by atoms with E-state index in [9.17, 15) is 4.79 Å². The molecular weight excluding hydrogens is 454 g/mol. The molecule has 0 radical (unpaired) electrons. The van der Waals surface area contributed by atoms with Crippen LogP contribution in [-0.2, 0) is 17.9 Å². The van der Waals surface area contributed by atoms with E-state index in [-0.39, 0.29) is 5.91 Å². The van der Waals surface area contributed by atoms with Crippen LogP contribution in [-0.4, -0.2) is 15.5 Å². The van der Waals surface area contributed by atoms with E-state index in [1.807, 2.05) is 77.5 Å². The Hall–Kier alpha value is -3.38. The van der Waals surface area contributed by atoms with Crippen molar-refractivity contribution >= 4 is 21.8 Å². The van der Waals surface area contributed by atoms with Gasteiger partial charge in [-0.1, -0.05) is 66.7 Å². The average molecular weight is 476 g/mol. The highest BCUT2D eigenvalue weighted by Crippen LogP contribution is 2.29. The van der Waals surface area contributed by atoms with Gasteiger partial charge in [0, 0.05) is 31.0 Å². The van der Waals surface area contributed by atoms with Gasteiger partial charge in [-0.05, 0) is 39.2 Å². The topological polar surface area (TPSA) is 56.2 Å². The molecule has 4 rings (SSSR count). The Morgan fingerprint density at radius 1 is 0.968 bits per heavy atom. The predicted octanol–water partition coefficient (Wildman–Crippen LogP) is 5.13. The summed E-state index contributed by atoms with van der Waals surface area (Å²) in [6, 6.07) is 25.2. The number of aromatic nitrogens is 2. The Morgan fingerprint density at radius 3 is 2.39 bits per heavy atom. The van der Waals surface area contributed by atoms with Crippen molar-refractivity contribution in [2.45, 2.75) is 19.2 Å². The van der Waals surface area contributed by atoms with Gasteiger partial charge in [0.2, 0.25) is 6.10 Å². The lowest BCUT2D eigenvalue weighted by Gasteiger charge is -2.20. The van der Waals surface area contributed by atoms with Crippen LogP contribution in [0.4, 0.5) is 0 Å². The zero-order valence-electron chi connectivity index (χ0n) is 16.8. The maximum Gasteiger partial charge on any atom is 0.266 e. The smallest absolute Gasteiger partial charge is 0.266 e. The molecule has 0 bridgehead atoms. The lowest BCUT2D eigenvalue weighted by molar-refractivity contribution is -0.128. The van der Waals surface area contributed by atoms with Gasteiger partial charge in [-0.15, -0.1) is 0 Å². The highest BCUT2D eigenvalue weighted by Gasteiger charge is 2.23. The summed E-state index contributed by atoms with van der Waals surface area (Å²) in [4.78, 5) is 17.1. The molecule has 1 amide bonds. The minimum absolute atomic E-state index is 0.190. The normalized spacial score (nSPS) is 11.6. The number of amides is 1. The Kier molecular flexibility index (Phi) is 6.79. The van der Waals surface area contributed by atoms with Crippen LogP contribution in [0.25, 0.3) is 0 Å². The first-order chi connectivity index (χ1) is 15.2. The molecule has 1 heterocycles. The van der Waals surface area contributed by atoms with Crippen LogP contribution in [0.5, 0.6) is 5.75 Å². The Bertz CT molecular complexity index is 1110. The van der Waals surface area contributed by atoms with E-state index in [0.29, 0.717) is 12.3 Å². The van der Waals surface area contributed by atoms with Crippen LogP contribution >= 0.6 is 15.9 Å². The van der Waals surface area contributed by atoms with Gasteiger partial charge in [0.25, 0.3) is 5.91 Å². The van der Waals surface area contributed by atoms with Crippen LogP contribution in [0.3, 0.4) is 0 Å². The fraction of sp³-hybridized carbons (Fsp3) is 0.120. The Labute approximate surface area is 189 Å². The molecule has 6 heteroatoms. The van der Waals surface area contributed by atoms with Crippen molar-refractivity contribution in [2.75, 3.05) is 0 Å². The molecule has 0 aliphatic rings. The summed E-state index contributed by atoms with van der Waals surface area (Å²) in [6.07, 6.45) is 4.75. The van der Waals surface area contributed by atoms with E-state index in [0.717, 1.165) is 22.1 Å². The summed E-state index contributed by atoms with van der Waals surface area (Å²) in [6.45, 7) is 1.19. The summed E-state index contributed by atoms with van der Waals surface area (Å²) in [5, 5.41) is 3.01. The fourth-order valence-electron chi connectivity index (χ4n) is 3.20. The number of halogens is 1. The zero-order valence-corrected chi connectivity index (χ0v) is 18.4. The van der Waals surface area contributed by atoms with Crippen molar-refractivity contribution in [1.82, 2.24) is 14.9 Å². The number of nitrogens with zero attached hydrogens (tertiary/aromatic N) is 2. The molecule has 1 N–H and O–H groups in total. The zero-order chi connectivity index (χ0) is 21.5. The minimum atomic E-state index is -0.750.